The van der Waals surface area contributed by atoms with E-state index in [1.165, 1.54) is 3.57 Å². The van der Waals surface area contributed by atoms with Gasteiger partial charge in [0.1, 0.15) is 0 Å². The zero-order valence-corrected chi connectivity index (χ0v) is 11.4. The molecule has 1 aliphatic carbocycles. The van der Waals surface area contributed by atoms with E-state index >= 15 is 0 Å². The van der Waals surface area contributed by atoms with Crippen LogP contribution in [0.5, 0.6) is 0 Å². The fourth-order valence-corrected chi connectivity index (χ4v) is 1.90. The van der Waals surface area contributed by atoms with Crippen LogP contribution >= 0.6 is 22.6 Å². The monoisotopic (exact) mass is 330 g/mol. The largest absolute Gasteiger partial charge is 0.376 e. The molecule has 1 amide bonds. The Bertz CT molecular complexity index is 373. The predicted molar refractivity (Wildman–Crippen MR) is 73.4 cm³/mol. The van der Waals surface area contributed by atoms with Crippen LogP contribution in [0.15, 0.2) is 24.3 Å². The zero-order chi connectivity index (χ0) is 11.5. The van der Waals surface area contributed by atoms with E-state index in [0.717, 1.165) is 18.5 Å². The highest BCUT2D eigenvalue weighted by molar-refractivity contribution is 14.1. The van der Waals surface area contributed by atoms with Gasteiger partial charge in [0.15, 0.2) is 0 Å². The molecule has 86 valence electrons. The molecule has 0 saturated heterocycles. The Balaban J connectivity index is 1.82. The fourth-order valence-electron chi connectivity index (χ4n) is 1.54. The topological polar surface area (TPSA) is 32.3 Å². The number of likely N-dealkylation sites (N-methyl/N-ethyl adjacent to an activating group) is 1. The highest BCUT2D eigenvalue weighted by atomic mass is 127. The highest BCUT2D eigenvalue weighted by Gasteiger charge is 2.29. The smallest absolute Gasteiger partial charge is 0.241 e. The minimum Gasteiger partial charge on any atom is -0.376 e. The lowest BCUT2D eigenvalue weighted by Crippen LogP contribution is -2.33. The SMILES string of the molecule is CN(C(=O)CNc1ccc(I)cc1)C1CC1. The van der Waals surface area contributed by atoms with Gasteiger partial charge in [-0.05, 0) is 59.7 Å². The van der Waals surface area contributed by atoms with Crippen LogP contribution in [0.3, 0.4) is 0 Å². The molecule has 16 heavy (non-hydrogen) atoms. The third-order valence-corrected chi connectivity index (χ3v) is 3.50. The van der Waals surface area contributed by atoms with E-state index in [9.17, 15) is 4.79 Å². The Morgan fingerprint density at radius 3 is 2.62 bits per heavy atom. The number of carbonyl (C=O) groups is 1. The number of hydrogen-bond donors (Lipinski definition) is 1. The van der Waals surface area contributed by atoms with Crippen molar-refractivity contribution in [3.8, 4) is 0 Å². The van der Waals surface area contributed by atoms with Crippen molar-refractivity contribution in [1.29, 1.82) is 0 Å². The van der Waals surface area contributed by atoms with E-state index in [-0.39, 0.29) is 5.91 Å². The lowest BCUT2D eigenvalue weighted by Gasteiger charge is -2.16. The van der Waals surface area contributed by atoms with Crippen molar-refractivity contribution in [2.75, 3.05) is 18.9 Å². The van der Waals surface area contributed by atoms with Gasteiger partial charge in [0, 0.05) is 22.3 Å². The molecule has 3 nitrogen and oxygen atoms in total. The van der Waals surface area contributed by atoms with Crippen molar-refractivity contribution < 1.29 is 4.79 Å². The molecule has 4 heteroatoms. The second-order valence-electron chi connectivity index (χ2n) is 4.10. The molecule has 0 spiro atoms. The summed E-state index contributed by atoms with van der Waals surface area (Å²) in [6, 6.07) is 8.53. The van der Waals surface area contributed by atoms with Gasteiger partial charge in [-0.1, -0.05) is 0 Å². The first-order chi connectivity index (χ1) is 7.66. The van der Waals surface area contributed by atoms with Gasteiger partial charge in [0.25, 0.3) is 0 Å². The Morgan fingerprint density at radius 2 is 2.06 bits per heavy atom. The number of nitrogens with one attached hydrogen (secondary N) is 1. The number of rotatable bonds is 4. The first-order valence-electron chi connectivity index (χ1n) is 5.42. The van der Waals surface area contributed by atoms with Gasteiger partial charge < -0.3 is 10.2 Å². The zero-order valence-electron chi connectivity index (χ0n) is 9.24. The number of benzene rings is 1. The Morgan fingerprint density at radius 1 is 1.44 bits per heavy atom. The highest BCUT2D eigenvalue weighted by Crippen LogP contribution is 2.25. The molecule has 0 bridgehead atoms. The van der Waals surface area contributed by atoms with Crippen molar-refractivity contribution in [2.24, 2.45) is 0 Å². The summed E-state index contributed by atoms with van der Waals surface area (Å²) < 4.78 is 1.20. The van der Waals surface area contributed by atoms with Gasteiger partial charge in [-0.3, -0.25) is 4.79 Å². The molecule has 0 unspecified atom stereocenters. The number of anilines is 1. The van der Waals surface area contributed by atoms with Crippen molar-refractivity contribution in [3.05, 3.63) is 27.8 Å². The van der Waals surface area contributed by atoms with Crippen molar-refractivity contribution in [2.45, 2.75) is 18.9 Å². The van der Waals surface area contributed by atoms with Crippen LogP contribution in [0, 0.1) is 3.57 Å². The van der Waals surface area contributed by atoms with E-state index in [1.54, 1.807) is 0 Å². The molecule has 1 saturated carbocycles. The van der Waals surface area contributed by atoms with E-state index in [4.69, 9.17) is 0 Å². The summed E-state index contributed by atoms with van der Waals surface area (Å²) in [6.07, 6.45) is 2.32. The second kappa shape index (κ2) is 5.03. The minimum absolute atomic E-state index is 0.168. The van der Waals surface area contributed by atoms with E-state index in [2.05, 4.69) is 27.9 Å². The normalized spacial score (nSPS) is 14.6. The van der Waals surface area contributed by atoms with E-state index < -0.39 is 0 Å². The molecule has 1 N–H and O–H groups in total. The summed E-state index contributed by atoms with van der Waals surface area (Å²) in [4.78, 5) is 13.6. The molecular weight excluding hydrogens is 315 g/mol. The lowest BCUT2D eigenvalue weighted by atomic mass is 10.3. The number of carbonyl (C=O) groups excluding carboxylic acids is 1. The van der Waals surface area contributed by atoms with Crippen LogP contribution in [0.25, 0.3) is 0 Å². The third-order valence-electron chi connectivity index (χ3n) is 2.78. The molecule has 1 fully saturated rings. The van der Waals surface area contributed by atoms with Gasteiger partial charge in [-0.15, -0.1) is 0 Å². The Labute approximate surface area is 109 Å². The van der Waals surface area contributed by atoms with Crippen LogP contribution in [-0.4, -0.2) is 30.4 Å². The molecule has 0 aliphatic heterocycles. The maximum absolute atomic E-state index is 11.7. The summed E-state index contributed by atoms with van der Waals surface area (Å²) in [7, 11) is 1.88. The van der Waals surface area contributed by atoms with E-state index in [0.29, 0.717) is 12.6 Å². The van der Waals surface area contributed by atoms with Crippen LogP contribution in [0.1, 0.15) is 12.8 Å². The maximum atomic E-state index is 11.7. The first-order valence-corrected chi connectivity index (χ1v) is 6.50. The summed E-state index contributed by atoms with van der Waals surface area (Å²) in [6.45, 7) is 0.383. The average molecular weight is 330 g/mol. The summed E-state index contributed by atoms with van der Waals surface area (Å²) >= 11 is 2.26. The van der Waals surface area contributed by atoms with Crippen LogP contribution in [0.4, 0.5) is 5.69 Å². The van der Waals surface area contributed by atoms with Gasteiger partial charge in [-0.25, -0.2) is 0 Å². The summed E-state index contributed by atoms with van der Waals surface area (Å²) in [5.74, 6) is 0.168. The molecule has 0 atom stereocenters. The van der Waals surface area contributed by atoms with Crippen LogP contribution in [0.2, 0.25) is 0 Å². The molecule has 1 aliphatic rings. The molecule has 2 rings (SSSR count). The maximum Gasteiger partial charge on any atom is 0.241 e. The van der Waals surface area contributed by atoms with Gasteiger partial charge in [0.05, 0.1) is 6.54 Å². The third kappa shape index (κ3) is 3.10. The van der Waals surface area contributed by atoms with Crippen molar-refractivity contribution in [3.63, 3.8) is 0 Å². The van der Waals surface area contributed by atoms with E-state index in [1.807, 2.05) is 36.2 Å². The van der Waals surface area contributed by atoms with Gasteiger partial charge in [0.2, 0.25) is 5.91 Å². The quantitative estimate of drug-likeness (QED) is 0.860. The second-order valence-corrected chi connectivity index (χ2v) is 5.34. The van der Waals surface area contributed by atoms with Gasteiger partial charge in [-0.2, -0.15) is 0 Å². The van der Waals surface area contributed by atoms with Gasteiger partial charge >= 0.3 is 0 Å². The molecule has 0 radical (unpaired) electrons. The number of nitrogens with zero attached hydrogens (tertiary/aromatic N) is 1. The summed E-state index contributed by atoms with van der Waals surface area (Å²) in [5.41, 5.74) is 0.998. The lowest BCUT2D eigenvalue weighted by molar-refractivity contribution is -0.128. The molecular formula is C12H15IN2O. The standard InChI is InChI=1S/C12H15IN2O/c1-15(11-6-7-11)12(16)8-14-10-4-2-9(13)3-5-10/h2-5,11,14H,6-8H2,1H3. The average Bonchev–Trinajstić information content (AvgIpc) is 3.11. The summed E-state index contributed by atoms with van der Waals surface area (Å²) in [5, 5.41) is 3.14. The molecule has 0 heterocycles. The van der Waals surface area contributed by atoms with Crippen LogP contribution in [-0.2, 0) is 4.79 Å². The number of hydrogen-bond acceptors (Lipinski definition) is 2. The Hall–Kier alpha value is -0.780. The van der Waals surface area contributed by atoms with Crippen molar-refractivity contribution in [1.82, 2.24) is 4.90 Å². The number of amides is 1. The number of halogens is 1. The van der Waals surface area contributed by atoms with Crippen molar-refractivity contribution >= 4 is 34.2 Å². The first kappa shape index (κ1) is 11.7. The minimum atomic E-state index is 0.168. The fraction of sp³-hybridized carbons (Fsp3) is 0.417. The predicted octanol–water partition coefficient (Wildman–Crippen LogP) is 2.32. The van der Waals surface area contributed by atoms with Crippen LogP contribution < -0.4 is 5.32 Å². The molecule has 0 aromatic heterocycles. The Kier molecular flexibility index (Phi) is 3.68. The molecule has 1 aromatic rings. The molecule has 1 aromatic carbocycles.